The molecule has 0 radical (unpaired) electrons. The quantitative estimate of drug-likeness (QED) is 0.610. The lowest BCUT2D eigenvalue weighted by Crippen LogP contribution is -2.41. The zero-order chi connectivity index (χ0) is 11.0. The molecule has 0 spiro atoms. The van der Waals surface area contributed by atoms with Crippen molar-refractivity contribution in [3.8, 4) is 0 Å². The van der Waals surface area contributed by atoms with Crippen LogP contribution >= 0.6 is 0 Å². The van der Waals surface area contributed by atoms with Crippen LogP contribution in [0.1, 0.15) is 27.7 Å². The molecule has 1 atom stereocenters. The Bertz CT molecular complexity index is 132. The monoisotopic (exact) mass is 202 g/mol. The van der Waals surface area contributed by atoms with E-state index in [1.807, 2.05) is 0 Å². The number of rotatable bonds is 7. The smallest absolute Gasteiger partial charge is 0.0587 e. The summed E-state index contributed by atoms with van der Waals surface area (Å²) in [5.41, 5.74) is 0.362. The molecule has 0 aromatic rings. The van der Waals surface area contributed by atoms with Gasteiger partial charge in [-0.2, -0.15) is 0 Å². The highest BCUT2D eigenvalue weighted by Crippen LogP contribution is 2.10. The summed E-state index contributed by atoms with van der Waals surface area (Å²) in [5, 5.41) is 6.83. The van der Waals surface area contributed by atoms with Crippen LogP contribution in [0, 0.1) is 5.41 Å². The Morgan fingerprint density at radius 3 is 2.43 bits per heavy atom. The van der Waals surface area contributed by atoms with Crippen LogP contribution in [0.2, 0.25) is 0 Å². The molecule has 0 aliphatic rings. The van der Waals surface area contributed by atoms with Gasteiger partial charge in [-0.05, 0) is 12.3 Å². The number of methoxy groups -OCH3 is 1. The van der Waals surface area contributed by atoms with Crippen molar-refractivity contribution in [2.45, 2.75) is 33.7 Å². The molecule has 0 bridgehead atoms. The Kier molecular flexibility index (Phi) is 7.15. The summed E-state index contributed by atoms with van der Waals surface area (Å²) in [6.45, 7) is 12.7. The average molecular weight is 202 g/mol. The van der Waals surface area contributed by atoms with Crippen LogP contribution in [-0.2, 0) is 4.74 Å². The summed E-state index contributed by atoms with van der Waals surface area (Å²) in [4.78, 5) is 0. The number of hydrogen-bond donors (Lipinski definition) is 2. The van der Waals surface area contributed by atoms with Crippen LogP contribution in [0.15, 0.2) is 0 Å². The van der Waals surface area contributed by atoms with E-state index >= 15 is 0 Å². The molecule has 1 unspecified atom stereocenters. The third kappa shape index (κ3) is 9.96. The van der Waals surface area contributed by atoms with Crippen molar-refractivity contribution in [2.24, 2.45) is 5.41 Å². The highest BCUT2D eigenvalue weighted by molar-refractivity contribution is 4.70. The summed E-state index contributed by atoms with van der Waals surface area (Å²) in [6.07, 6.45) is 0. The summed E-state index contributed by atoms with van der Waals surface area (Å²) in [5.74, 6) is 0. The summed E-state index contributed by atoms with van der Waals surface area (Å²) in [7, 11) is 1.73. The first-order chi connectivity index (χ1) is 6.45. The van der Waals surface area contributed by atoms with Crippen molar-refractivity contribution >= 4 is 0 Å². The van der Waals surface area contributed by atoms with Crippen molar-refractivity contribution in [3.05, 3.63) is 0 Å². The zero-order valence-corrected chi connectivity index (χ0v) is 10.3. The van der Waals surface area contributed by atoms with Gasteiger partial charge in [-0.3, -0.25) is 0 Å². The van der Waals surface area contributed by atoms with E-state index in [1.165, 1.54) is 0 Å². The van der Waals surface area contributed by atoms with Crippen LogP contribution in [0.3, 0.4) is 0 Å². The van der Waals surface area contributed by atoms with Crippen molar-refractivity contribution < 1.29 is 4.74 Å². The molecular formula is C11H26N2O. The van der Waals surface area contributed by atoms with Crippen LogP contribution < -0.4 is 10.6 Å². The molecule has 3 heteroatoms. The molecule has 0 aromatic heterocycles. The third-order valence-corrected chi connectivity index (χ3v) is 1.91. The van der Waals surface area contributed by atoms with E-state index < -0.39 is 0 Å². The highest BCUT2D eigenvalue weighted by Gasteiger charge is 2.10. The van der Waals surface area contributed by atoms with E-state index in [0.29, 0.717) is 11.5 Å². The lowest BCUT2D eigenvalue weighted by Gasteiger charge is -2.22. The molecule has 0 aliphatic carbocycles. The van der Waals surface area contributed by atoms with Gasteiger partial charge in [-0.15, -0.1) is 0 Å². The zero-order valence-electron chi connectivity index (χ0n) is 10.3. The standard InChI is InChI=1S/C11H26N2O/c1-10(8-12-6-7-14-5)13-9-11(2,3)4/h10,12-13H,6-9H2,1-5H3. The van der Waals surface area contributed by atoms with Gasteiger partial charge in [-0.1, -0.05) is 20.8 Å². The third-order valence-electron chi connectivity index (χ3n) is 1.91. The Morgan fingerprint density at radius 2 is 1.93 bits per heavy atom. The van der Waals surface area contributed by atoms with Crippen LogP contribution in [0.25, 0.3) is 0 Å². The Labute approximate surface area is 88.6 Å². The molecule has 0 aliphatic heterocycles. The SMILES string of the molecule is COCCNCC(C)NCC(C)(C)C. The number of hydrogen-bond acceptors (Lipinski definition) is 3. The lowest BCUT2D eigenvalue weighted by molar-refractivity contribution is 0.198. The van der Waals surface area contributed by atoms with Gasteiger partial charge < -0.3 is 15.4 Å². The van der Waals surface area contributed by atoms with Gasteiger partial charge in [0.1, 0.15) is 0 Å². The molecule has 0 fully saturated rings. The molecular weight excluding hydrogens is 176 g/mol. The van der Waals surface area contributed by atoms with Crippen LogP contribution in [-0.4, -0.2) is 39.4 Å². The van der Waals surface area contributed by atoms with Gasteiger partial charge in [0.15, 0.2) is 0 Å². The molecule has 86 valence electrons. The van der Waals surface area contributed by atoms with Crippen molar-refractivity contribution in [1.29, 1.82) is 0 Å². The molecule has 0 saturated heterocycles. The maximum Gasteiger partial charge on any atom is 0.0587 e. The van der Waals surface area contributed by atoms with Crippen molar-refractivity contribution in [2.75, 3.05) is 33.4 Å². The minimum Gasteiger partial charge on any atom is -0.383 e. The Hall–Kier alpha value is -0.120. The normalized spacial score (nSPS) is 14.4. The predicted molar refractivity (Wildman–Crippen MR) is 61.7 cm³/mol. The molecule has 0 aromatic carbocycles. The maximum atomic E-state index is 4.95. The fourth-order valence-electron chi connectivity index (χ4n) is 1.05. The molecule has 0 amide bonds. The average Bonchev–Trinajstić information content (AvgIpc) is 2.08. The second-order valence-corrected chi connectivity index (χ2v) is 5.04. The van der Waals surface area contributed by atoms with Gasteiger partial charge in [0, 0.05) is 32.8 Å². The van der Waals surface area contributed by atoms with Gasteiger partial charge in [-0.25, -0.2) is 0 Å². The number of nitrogens with one attached hydrogen (secondary N) is 2. The molecule has 0 rings (SSSR count). The first-order valence-electron chi connectivity index (χ1n) is 5.39. The van der Waals surface area contributed by atoms with Crippen molar-refractivity contribution in [3.63, 3.8) is 0 Å². The predicted octanol–water partition coefficient (Wildman–Crippen LogP) is 1.25. The first-order valence-corrected chi connectivity index (χ1v) is 5.39. The maximum absolute atomic E-state index is 4.95. The highest BCUT2D eigenvalue weighted by atomic mass is 16.5. The Morgan fingerprint density at radius 1 is 1.29 bits per heavy atom. The van der Waals surface area contributed by atoms with Crippen molar-refractivity contribution in [1.82, 2.24) is 10.6 Å². The second kappa shape index (κ2) is 7.21. The fraction of sp³-hybridized carbons (Fsp3) is 1.00. The summed E-state index contributed by atoms with van der Waals surface area (Å²) >= 11 is 0. The largest absolute Gasteiger partial charge is 0.383 e. The molecule has 14 heavy (non-hydrogen) atoms. The number of ether oxygens (including phenoxy) is 1. The van der Waals surface area contributed by atoms with Gasteiger partial charge in [0.05, 0.1) is 6.61 Å². The van der Waals surface area contributed by atoms with E-state index in [9.17, 15) is 0 Å². The topological polar surface area (TPSA) is 33.3 Å². The van der Waals surface area contributed by atoms with Gasteiger partial charge in [0.2, 0.25) is 0 Å². The Balaban J connectivity index is 3.32. The fourth-order valence-corrected chi connectivity index (χ4v) is 1.05. The molecule has 2 N–H and O–H groups in total. The van der Waals surface area contributed by atoms with E-state index in [4.69, 9.17) is 4.74 Å². The van der Waals surface area contributed by atoms with Gasteiger partial charge in [0.25, 0.3) is 0 Å². The molecule has 0 heterocycles. The van der Waals surface area contributed by atoms with E-state index in [0.717, 1.165) is 26.2 Å². The summed E-state index contributed by atoms with van der Waals surface area (Å²) < 4.78 is 4.95. The second-order valence-electron chi connectivity index (χ2n) is 5.04. The first kappa shape index (κ1) is 13.9. The van der Waals surface area contributed by atoms with E-state index in [2.05, 4.69) is 38.3 Å². The molecule has 3 nitrogen and oxygen atoms in total. The van der Waals surface area contributed by atoms with E-state index in [1.54, 1.807) is 7.11 Å². The van der Waals surface area contributed by atoms with Crippen LogP contribution in [0.4, 0.5) is 0 Å². The summed E-state index contributed by atoms with van der Waals surface area (Å²) in [6, 6.07) is 0.520. The van der Waals surface area contributed by atoms with Crippen LogP contribution in [0.5, 0.6) is 0 Å². The minimum atomic E-state index is 0.362. The molecule has 0 saturated carbocycles. The van der Waals surface area contributed by atoms with E-state index in [-0.39, 0.29) is 0 Å². The lowest BCUT2D eigenvalue weighted by atomic mass is 9.96. The minimum absolute atomic E-state index is 0.362. The van der Waals surface area contributed by atoms with Gasteiger partial charge >= 0.3 is 0 Å².